The van der Waals surface area contributed by atoms with E-state index < -0.39 is 23.1 Å². The first kappa shape index (κ1) is 18.2. The molecule has 0 saturated heterocycles. The van der Waals surface area contributed by atoms with E-state index in [2.05, 4.69) is 10.4 Å². The summed E-state index contributed by atoms with van der Waals surface area (Å²) >= 11 is 0. The van der Waals surface area contributed by atoms with Gasteiger partial charge in [-0.2, -0.15) is 9.78 Å². The molecule has 1 aromatic heterocycles. The number of aryl methyl sites for hydroxylation is 1. The molecule has 0 saturated carbocycles. The molecule has 138 valence electrons. The van der Waals surface area contributed by atoms with E-state index in [1.54, 1.807) is 24.3 Å². The van der Waals surface area contributed by atoms with Crippen LogP contribution in [-0.2, 0) is 0 Å². The van der Waals surface area contributed by atoms with Crippen molar-refractivity contribution in [3.63, 3.8) is 0 Å². The van der Waals surface area contributed by atoms with Crippen molar-refractivity contribution in [3.05, 3.63) is 81.8 Å². The van der Waals surface area contributed by atoms with Gasteiger partial charge in [-0.25, -0.2) is 8.78 Å². The number of hydrogen-bond donors (Lipinski definition) is 1. The summed E-state index contributed by atoms with van der Waals surface area (Å²) in [6, 6.07) is 11.0. The van der Waals surface area contributed by atoms with Gasteiger partial charge in [0.05, 0.1) is 18.9 Å². The second-order valence-corrected chi connectivity index (χ2v) is 5.73. The van der Waals surface area contributed by atoms with E-state index >= 15 is 0 Å². The number of anilines is 1. The van der Waals surface area contributed by atoms with Gasteiger partial charge < -0.3 is 10.1 Å². The Hall–Kier alpha value is -3.55. The lowest BCUT2D eigenvalue weighted by Gasteiger charge is -2.11. The Morgan fingerprint density at radius 3 is 2.41 bits per heavy atom. The highest BCUT2D eigenvalue weighted by molar-refractivity contribution is 6.04. The Morgan fingerprint density at radius 2 is 1.78 bits per heavy atom. The van der Waals surface area contributed by atoms with E-state index in [1.165, 1.54) is 13.2 Å². The largest absolute Gasteiger partial charge is 0.494 e. The fourth-order valence-electron chi connectivity index (χ4n) is 2.39. The van der Waals surface area contributed by atoms with Crippen LogP contribution in [-0.4, -0.2) is 22.8 Å². The topological polar surface area (TPSA) is 73.2 Å². The van der Waals surface area contributed by atoms with E-state index in [9.17, 15) is 18.4 Å². The lowest BCUT2D eigenvalue weighted by Crippen LogP contribution is -2.26. The average Bonchev–Trinajstić information content (AvgIpc) is 2.65. The number of carbonyl (C=O) groups excluding carboxylic acids is 1. The zero-order valence-electron chi connectivity index (χ0n) is 14.5. The third-order valence-electron chi connectivity index (χ3n) is 3.79. The molecule has 3 rings (SSSR count). The van der Waals surface area contributed by atoms with Gasteiger partial charge in [-0.05, 0) is 31.2 Å². The molecule has 27 heavy (non-hydrogen) atoms. The zero-order valence-corrected chi connectivity index (χ0v) is 14.5. The Bertz CT molecular complexity index is 1060. The number of nitrogens with zero attached hydrogens (tertiary/aromatic N) is 2. The summed E-state index contributed by atoms with van der Waals surface area (Å²) in [5.41, 5.74) is 0.838. The van der Waals surface area contributed by atoms with Gasteiger partial charge >= 0.3 is 0 Å². The van der Waals surface area contributed by atoms with Crippen molar-refractivity contribution >= 4 is 11.6 Å². The number of carbonyl (C=O) groups is 1. The SMILES string of the molecule is COc1cc(=O)n(-c2ccc(C)cc2)nc1C(=O)Nc1ccc(F)c(F)c1. The monoisotopic (exact) mass is 371 g/mol. The predicted octanol–water partition coefficient (Wildman–Crippen LogP) is 3.08. The minimum atomic E-state index is -1.10. The third kappa shape index (κ3) is 3.84. The molecular formula is C19H15F2N3O3. The van der Waals surface area contributed by atoms with Crippen molar-refractivity contribution < 1.29 is 18.3 Å². The maximum Gasteiger partial charge on any atom is 0.280 e. The minimum Gasteiger partial charge on any atom is -0.494 e. The lowest BCUT2D eigenvalue weighted by molar-refractivity contribution is 0.101. The number of hydrogen-bond acceptors (Lipinski definition) is 4. The quantitative estimate of drug-likeness (QED) is 0.765. The van der Waals surface area contributed by atoms with Crippen molar-refractivity contribution in [1.82, 2.24) is 9.78 Å². The van der Waals surface area contributed by atoms with Gasteiger partial charge in [-0.1, -0.05) is 17.7 Å². The van der Waals surface area contributed by atoms with Crippen molar-refractivity contribution in [3.8, 4) is 11.4 Å². The second-order valence-electron chi connectivity index (χ2n) is 5.73. The summed E-state index contributed by atoms with van der Waals surface area (Å²) in [4.78, 5) is 24.9. The molecule has 0 bridgehead atoms. The first-order valence-electron chi connectivity index (χ1n) is 7.91. The van der Waals surface area contributed by atoms with Crippen LogP contribution in [0, 0.1) is 18.6 Å². The smallest absolute Gasteiger partial charge is 0.280 e. The molecule has 0 radical (unpaired) electrons. The maximum atomic E-state index is 13.3. The standard InChI is InChI=1S/C19H15F2N3O3/c1-11-3-6-13(7-4-11)24-17(25)10-16(27-2)18(23-24)19(26)22-12-5-8-14(20)15(21)9-12/h3-10H,1-2H3,(H,22,26). The van der Waals surface area contributed by atoms with E-state index in [4.69, 9.17) is 4.74 Å². The Morgan fingerprint density at radius 1 is 1.07 bits per heavy atom. The van der Waals surface area contributed by atoms with E-state index in [-0.39, 0.29) is 17.1 Å². The number of rotatable bonds is 4. The molecule has 0 aliphatic heterocycles. The van der Waals surface area contributed by atoms with Gasteiger partial charge in [0.15, 0.2) is 23.1 Å². The highest BCUT2D eigenvalue weighted by Crippen LogP contribution is 2.18. The molecule has 0 aliphatic carbocycles. The number of ether oxygens (including phenoxy) is 1. The number of methoxy groups -OCH3 is 1. The van der Waals surface area contributed by atoms with Crippen LogP contribution in [0.15, 0.2) is 53.3 Å². The Kier molecular flexibility index (Phi) is 4.98. The summed E-state index contributed by atoms with van der Waals surface area (Å²) in [6.45, 7) is 1.90. The minimum absolute atomic E-state index is 0.0378. The Balaban J connectivity index is 2.01. The van der Waals surface area contributed by atoms with Crippen LogP contribution in [0.5, 0.6) is 5.75 Å². The molecule has 3 aromatic rings. The van der Waals surface area contributed by atoms with Crippen LogP contribution in [0.2, 0.25) is 0 Å². The number of benzene rings is 2. The van der Waals surface area contributed by atoms with Crippen molar-refractivity contribution in [2.45, 2.75) is 6.92 Å². The van der Waals surface area contributed by atoms with Crippen LogP contribution >= 0.6 is 0 Å². The zero-order chi connectivity index (χ0) is 19.6. The molecule has 0 spiro atoms. The maximum absolute atomic E-state index is 13.3. The van der Waals surface area contributed by atoms with Crippen LogP contribution < -0.4 is 15.6 Å². The summed E-state index contributed by atoms with van der Waals surface area (Å²) < 4.78 is 32.5. The predicted molar refractivity (Wildman–Crippen MR) is 95.4 cm³/mol. The number of nitrogens with one attached hydrogen (secondary N) is 1. The molecule has 8 heteroatoms. The van der Waals surface area contributed by atoms with Crippen molar-refractivity contribution in [2.75, 3.05) is 12.4 Å². The normalized spacial score (nSPS) is 10.5. The highest BCUT2D eigenvalue weighted by Gasteiger charge is 2.19. The molecule has 1 N–H and O–H groups in total. The van der Waals surface area contributed by atoms with Crippen LogP contribution in [0.25, 0.3) is 5.69 Å². The molecule has 6 nitrogen and oxygen atoms in total. The number of aromatic nitrogens is 2. The first-order valence-corrected chi connectivity index (χ1v) is 7.91. The number of halogens is 2. The molecule has 1 heterocycles. The van der Waals surface area contributed by atoms with Gasteiger partial charge in [0, 0.05) is 11.8 Å². The van der Waals surface area contributed by atoms with Crippen molar-refractivity contribution in [2.24, 2.45) is 0 Å². The van der Waals surface area contributed by atoms with Crippen LogP contribution in [0.4, 0.5) is 14.5 Å². The van der Waals surface area contributed by atoms with Gasteiger partial charge in [0.25, 0.3) is 11.5 Å². The Labute approximate surface area is 153 Å². The van der Waals surface area contributed by atoms with Crippen molar-refractivity contribution in [1.29, 1.82) is 0 Å². The van der Waals surface area contributed by atoms with Crippen LogP contribution in [0.3, 0.4) is 0 Å². The van der Waals surface area contributed by atoms with Gasteiger partial charge in [0.2, 0.25) is 0 Å². The molecule has 0 atom stereocenters. The molecule has 2 aromatic carbocycles. The summed E-state index contributed by atoms with van der Waals surface area (Å²) in [7, 11) is 1.29. The fourth-order valence-corrected chi connectivity index (χ4v) is 2.39. The average molecular weight is 371 g/mol. The number of amides is 1. The van der Waals surface area contributed by atoms with Crippen LogP contribution in [0.1, 0.15) is 16.1 Å². The van der Waals surface area contributed by atoms with E-state index in [0.717, 1.165) is 28.4 Å². The third-order valence-corrected chi connectivity index (χ3v) is 3.79. The molecular weight excluding hydrogens is 356 g/mol. The van der Waals surface area contributed by atoms with Gasteiger partial charge in [0.1, 0.15) is 0 Å². The van der Waals surface area contributed by atoms with E-state index in [0.29, 0.717) is 5.69 Å². The molecule has 1 amide bonds. The molecule has 0 fully saturated rings. The summed E-state index contributed by atoms with van der Waals surface area (Å²) in [6.07, 6.45) is 0. The highest BCUT2D eigenvalue weighted by atomic mass is 19.2. The fraction of sp³-hybridized carbons (Fsp3) is 0.105. The lowest BCUT2D eigenvalue weighted by atomic mass is 10.2. The van der Waals surface area contributed by atoms with Gasteiger partial charge in [-0.15, -0.1) is 0 Å². The van der Waals surface area contributed by atoms with Gasteiger partial charge in [-0.3, -0.25) is 9.59 Å². The van der Waals surface area contributed by atoms with E-state index in [1.807, 2.05) is 6.92 Å². The first-order chi connectivity index (χ1) is 12.9. The summed E-state index contributed by atoms with van der Waals surface area (Å²) in [5, 5.41) is 6.48. The molecule has 0 aliphatic rings. The second kappa shape index (κ2) is 7.36. The summed E-state index contributed by atoms with van der Waals surface area (Å²) in [5.74, 6) is -2.91. The molecule has 0 unspecified atom stereocenters.